The van der Waals surface area contributed by atoms with E-state index in [0.29, 0.717) is 17.7 Å². The minimum absolute atomic E-state index is 0.571. The van der Waals surface area contributed by atoms with Crippen molar-refractivity contribution in [2.45, 2.75) is 0 Å². The van der Waals surface area contributed by atoms with Gasteiger partial charge in [-0.05, 0) is 46.2 Å². The summed E-state index contributed by atoms with van der Waals surface area (Å²) in [7, 11) is 0. The monoisotopic (exact) mass is 613 g/mol. The molecule has 3 aromatic heterocycles. The largest absolute Gasteiger partial charge is 0.278 e. The zero-order valence-electron chi connectivity index (χ0n) is 25.8. The van der Waals surface area contributed by atoms with Crippen LogP contribution in [0, 0.1) is 0 Å². The van der Waals surface area contributed by atoms with Gasteiger partial charge in [0.05, 0.1) is 22.1 Å². The van der Waals surface area contributed by atoms with Crippen molar-refractivity contribution in [1.82, 2.24) is 24.1 Å². The van der Waals surface area contributed by atoms with Gasteiger partial charge in [0, 0.05) is 27.1 Å². The summed E-state index contributed by atoms with van der Waals surface area (Å²) in [5, 5.41) is 7.05. The maximum atomic E-state index is 5.33. The summed E-state index contributed by atoms with van der Waals surface area (Å²) < 4.78 is 4.38. The molecule has 0 aliphatic rings. The Morgan fingerprint density at radius 1 is 0.333 bits per heavy atom. The van der Waals surface area contributed by atoms with Crippen LogP contribution in [0.25, 0.3) is 88.8 Å². The first kappa shape index (κ1) is 26.6. The van der Waals surface area contributed by atoms with E-state index < -0.39 is 0 Å². The molecule has 0 atom stereocenters. The van der Waals surface area contributed by atoms with Crippen LogP contribution in [0.2, 0.25) is 0 Å². The van der Waals surface area contributed by atoms with Gasteiger partial charge in [-0.15, -0.1) is 0 Å². The lowest BCUT2D eigenvalue weighted by molar-refractivity contribution is 0.893. The first-order valence-corrected chi connectivity index (χ1v) is 16.1. The van der Waals surface area contributed by atoms with Gasteiger partial charge < -0.3 is 0 Å². The summed E-state index contributed by atoms with van der Waals surface area (Å²) in [6.45, 7) is 0. The minimum Gasteiger partial charge on any atom is -0.278 e. The van der Waals surface area contributed by atoms with Crippen LogP contribution in [-0.4, -0.2) is 24.1 Å². The van der Waals surface area contributed by atoms with Gasteiger partial charge in [0.15, 0.2) is 5.82 Å². The Labute approximate surface area is 276 Å². The maximum Gasteiger partial charge on any atom is 0.240 e. The average Bonchev–Trinajstić information content (AvgIpc) is 3.68. The average molecular weight is 614 g/mol. The van der Waals surface area contributed by atoms with E-state index in [0.717, 1.165) is 54.9 Å². The number of aromatic nitrogens is 5. The van der Waals surface area contributed by atoms with Crippen molar-refractivity contribution in [1.29, 1.82) is 0 Å². The molecule has 0 saturated carbocycles. The molecule has 10 aromatic rings. The minimum atomic E-state index is 0.571. The van der Waals surface area contributed by atoms with E-state index in [-0.39, 0.29) is 0 Å². The molecular formula is C43H27N5. The van der Waals surface area contributed by atoms with Crippen LogP contribution >= 0.6 is 0 Å². The third-order valence-electron chi connectivity index (χ3n) is 9.39. The Balaban J connectivity index is 1.34. The Bertz CT molecular complexity index is 2780. The highest BCUT2D eigenvalue weighted by Crippen LogP contribution is 2.39. The molecule has 7 aromatic carbocycles. The SMILES string of the molecule is c1ccc(-c2ccc3c4c5ccccc5ccc4n(-c4nc(-c5ccccc5)nc(-n5c6ccccc6c6ccccc65)n4)c3c2)cc1. The fraction of sp³-hybridized carbons (Fsp3) is 0. The topological polar surface area (TPSA) is 48.5 Å². The van der Waals surface area contributed by atoms with Crippen LogP contribution in [0.15, 0.2) is 164 Å². The molecule has 0 bridgehead atoms. The summed E-state index contributed by atoms with van der Waals surface area (Å²) in [5.74, 6) is 1.76. The van der Waals surface area contributed by atoms with Crippen LogP contribution in [0.5, 0.6) is 0 Å². The standard InChI is InChI=1S/C43H27N5/c1-3-13-28(14-4-1)31-23-25-35-39(27-31)48(38-26-24-29-15-7-8-18-32(29)40(35)38)43-45-41(30-16-5-2-6-17-30)44-42(46-43)47-36-21-11-9-19-33(36)34-20-10-12-22-37(34)47/h1-27H. The normalized spacial score (nSPS) is 11.8. The highest BCUT2D eigenvalue weighted by atomic mass is 15.3. The van der Waals surface area contributed by atoms with Crippen molar-refractivity contribution >= 4 is 54.4 Å². The van der Waals surface area contributed by atoms with Gasteiger partial charge in [0.1, 0.15) is 0 Å². The fourth-order valence-corrected chi connectivity index (χ4v) is 7.22. The number of hydrogen-bond donors (Lipinski definition) is 0. The van der Waals surface area contributed by atoms with E-state index in [9.17, 15) is 0 Å². The highest BCUT2D eigenvalue weighted by Gasteiger charge is 2.21. The van der Waals surface area contributed by atoms with Gasteiger partial charge >= 0.3 is 0 Å². The van der Waals surface area contributed by atoms with Gasteiger partial charge in [-0.2, -0.15) is 15.0 Å². The predicted molar refractivity (Wildman–Crippen MR) is 197 cm³/mol. The van der Waals surface area contributed by atoms with E-state index in [2.05, 4.69) is 155 Å². The predicted octanol–water partition coefficient (Wildman–Crippen LogP) is 10.6. The van der Waals surface area contributed by atoms with Crippen molar-refractivity contribution in [3.8, 4) is 34.4 Å². The van der Waals surface area contributed by atoms with Crippen LogP contribution in [-0.2, 0) is 0 Å². The molecule has 5 heteroatoms. The van der Waals surface area contributed by atoms with E-state index in [1.54, 1.807) is 0 Å². The van der Waals surface area contributed by atoms with Gasteiger partial charge in [-0.3, -0.25) is 9.13 Å². The molecule has 5 nitrogen and oxygen atoms in total. The second kappa shape index (κ2) is 10.5. The van der Waals surface area contributed by atoms with E-state index in [1.807, 2.05) is 18.2 Å². The van der Waals surface area contributed by atoms with Crippen molar-refractivity contribution in [3.05, 3.63) is 164 Å². The maximum absolute atomic E-state index is 5.33. The number of rotatable bonds is 4. The van der Waals surface area contributed by atoms with Gasteiger partial charge in [0.25, 0.3) is 0 Å². The number of para-hydroxylation sites is 2. The fourth-order valence-electron chi connectivity index (χ4n) is 7.22. The van der Waals surface area contributed by atoms with Crippen LogP contribution < -0.4 is 0 Å². The Hall–Kier alpha value is -6.59. The lowest BCUT2D eigenvalue weighted by Crippen LogP contribution is -2.10. The van der Waals surface area contributed by atoms with Crippen molar-refractivity contribution in [2.24, 2.45) is 0 Å². The quantitative estimate of drug-likeness (QED) is 0.198. The third kappa shape index (κ3) is 4.01. The van der Waals surface area contributed by atoms with E-state index in [1.165, 1.54) is 16.2 Å². The Kier molecular flexibility index (Phi) is 5.81. The molecule has 0 amide bonds. The number of nitrogens with zero attached hydrogens (tertiary/aromatic N) is 5. The first-order valence-electron chi connectivity index (χ1n) is 16.1. The second-order valence-corrected chi connectivity index (χ2v) is 12.1. The second-order valence-electron chi connectivity index (χ2n) is 12.1. The molecule has 0 aliphatic carbocycles. The lowest BCUT2D eigenvalue weighted by atomic mass is 10.0. The molecule has 0 aliphatic heterocycles. The van der Waals surface area contributed by atoms with Crippen molar-refractivity contribution < 1.29 is 0 Å². The Morgan fingerprint density at radius 3 is 1.58 bits per heavy atom. The molecule has 0 N–H and O–H groups in total. The smallest absolute Gasteiger partial charge is 0.240 e. The summed E-state index contributed by atoms with van der Waals surface area (Å²) >= 11 is 0. The third-order valence-corrected chi connectivity index (χ3v) is 9.39. The molecule has 224 valence electrons. The first-order chi connectivity index (χ1) is 23.8. The van der Waals surface area contributed by atoms with Crippen molar-refractivity contribution in [3.63, 3.8) is 0 Å². The van der Waals surface area contributed by atoms with Crippen LogP contribution in [0.3, 0.4) is 0 Å². The molecule has 0 unspecified atom stereocenters. The summed E-state index contributed by atoms with van der Waals surface area (Å²) in [4.78, 5) is 15.7. The Morgan fingerprint density at radius 2 is 0.896 bits per heavy atom. The van der Waals surface area contributed by atoms with E-state index in [4.69, 9.17) is 15.0 Å². The summed E-state index contributed by atoms with van der Waals surface area (Å²) in [5.41, 5.74) is 7.42. The molecule has 10 rings (SSSR count). The molecule has 3 heterocycles. The van der Waals surface area contributed by atoms with Crippen molar-refractivity contribution in [2.75, 3.05) is 0 Å². The number of hydrogen-bond acceptors (Lipinski definition) is 3. The van der Waals surface area contributed by atoms with E-state index >= 15 is 0 Å². The zero-order chi connectivity index (χ0) is 31.6. The van der Waals surface area contributed by atoms with Crippen LogP contribution in [0.1, 0.15) is 0 Å². The molecular weight excluding hydrogens is 587 g/mol. The highest BCUT2D eigenvalue weighted by molar-refractivity contribution is 6.21. The van der Waals surface area contributed by atoms with Gasteiger partial charge in [-0.1, -0.05) is 140 Å². The summed E-state index contributed by atoms with van der Waals surface area (Å²) in [6, 6.07) is 57.3. The molecule has 0 saturated heterocycles. The molecule has 48 heavy (non-hydrogen) atoms. The van der Waals surface area contributed by atoms with Crippen LogP contribution in [0.4, 0.5) is 0 Å². The number of fused-ring (bicyclic) bond motifs is 8. The molecule has 0 radical (unpaired) electrons. The number of benzene rings is 7. The van der Waals surface area contributed by atoms with Gasteiger partial charge in [0.2, 0.25) is 11.9 Å². The molecule has 0 fully saturated rings. The summed E-state index contributed by atoms with van der Waals surface area (Å²) in [6.07, 6.45) is 0. The lowest BCUT2D eigenvalue weighted by Gasteiger charge is -2.13. The zero-order valence-corrected chi connectivity index (χ0v) is 25.8. The molecule has 0 spiro atoms. The van der Waals surface area contributed by atoms with Gasteiger partial charge in [-0.25, -0.2) is 0 Å².